The Morgan fingerprint density at radius 1 is 1.15 bits per heavy atom. The second-order valence-electron chi connectivity index (χ2n) is 10.9. The number of nitrogens with one attached hydrogen (secondary N) is 1. The van der Waals surface area contributed by atoms with Crippen LogP contribution in [0.25, 0.3) is 22.2 Å². The molecule has 4 aromatic rings. The maximum absolute atomic E-state index is 13.5. The molecule has 252 valence electrons. The Bertz CT molecular complexity index is 2270. The molecule has 9 N–H and O–H groups in total. The average molecular weight is 705 g/mol. The molecule has 2 aliphatic heterocycles. The van der Waals surface area contributed by atoms with Gasteiger partial charge in [0.05, 0.1) is 30.4 Å². The Kier molecular flexibility index (Phi) is 7.39. The maximum Gasteiger partial charge on any atom is 0.527 e. The lowest BCUT2D eigenvalue weighted by Gasteiger charge is -2.31. The van der Waals surface area contributed by atoms with Crippen LogP contribution in [0.15, 0.2) is 46.5 Å². The molecule has 23 heteroatoms. The summed E-state index contributed by atoms with van der Waals surface area (Å²) in [7, 11) is -10.3. The highest BCUT2D eigenvalue weighted by atomic mass is 31.2. The Morgan fingerprint density at radius 2 is 1.92 bits per heavy atom. The summed E-state index contributed by atoms with van der Waals surface area (Å²) in [5, 5.41) is 22.8. The molecule has 0 radical (unpaired) electrons. The van der Waals surface area contributed by atoms with Crippen LogP contribution in [0.4, 0.5) is 11.8 Å². The number of phosphoric acid groups is 2. The summed E-state index contributed by atoms with van der Waals surface area (Å²) < 4.78 is 56.2. The molecular formula is C25H25N9O12P2. The van der Waals surface area contributed by atoms with Crippen molar-refractivity contribution in [2.75, 3.05) is 24.7 Å². The van der Waals surface area contributed by atoms with Crippen molar-refractivity contribution in [2.45, 2.75) is 37.3 Å². The summed E-state index contributed by atoms with van der Waals surface area (Å²) in [6.07, 6.45) is 5.81. The number of fused-ring (bicyclic) bond motifs is 3. The van der Waals surface area contributed by atoms with E-state index < -0.39 is 76.2 Å². The van der Waals surface area contributed by atoms with E-state index >= 15 is 0 Å². The van der Waals surface area contributed by atoms with Gasteiger partial charge in [-0.3, -0.25) is 32.8 Å². The number of nitrogen functional groups attached to an aromatic ring is 2. The summed E-state index contributed by atoms with van der Waals surface area (Å²) in [6.45, 7) is -2.10. The third-order valence-corrected chi connectivity index (χ3v) is 9.84. The lowest BCUT2D eigenvalue weighted by atomic mass is 10.0. The van der Waals surface area contributed by atoms with E-state index in [1.54, 1.807) is 0 Å². The lowest BCUT2D eigenvalue weighted by Crippen LogP contribution is -2.37. The van der Waals surface area contributed by atoms with Crippen LogP contribution in [0.1, 0.15) is 24.6 Å². The molecule has 4 unspecified atom stereocenters. The highest BCUT2D eigenvalue weighted by molar-refractivity contribution is 7.47. The first-order chi connectivity index (χ1) is 22.7. The van der Waals surface area contributed by atoms with Gasteiger partial charge in [0.25, 0.3) is 5.56 Å². The fraction of sp³-hybridized carbons (Fsp3) is 0.320. The van der Waals surface area contributed by atoms with Crippen LogP contribution in [-0.4, -0.2) is 79.0 Å². The van der Waals surface area contributed by atoms with Crippen molar-refractivity contribution >= 4 is 49.6 Å². The maximum atomic E-state index is 13.5. The predicted octanol–water partition coefficient (Wildman–Crippen LogP) is 0.437. The molecular weight excluding hydrogens is 680 g/mol. The number of nitrogens with zero attached hydrogens (tertiary/aromatic N) is 6. The summed E-state index contributed by atoms with van der Waals surface area (Å²) in [5.41, 5.74) is 9.24. The zero-order chi connectivity index (χ0) is 34.2. The number of H-pyrrole nitrogens is 1. The monoisotopic (exact) mass is 705 g/mol. The van der Waals surface area contributed by atoms with Gasteiger partial charge in [-0.15, -0.1) is 6.42 Å². The molecule has 5 atom stereocenters. The number of terminal acetylenes is 1. The molecule has 3 aliphatic rings. The molecule has 0 saturated heterocycles. The van der Waals surface area contributed by atoms with Crippen LogP contribution < -0.4 is 17.0 Å². The van der Waals surface area contributed by atoms with E-state index in [1.807, 2.05) is 0 Å². The number of imidazole rings is 1. The quantitative estimate of drug-likeness (QED) is 0.112. The topological polar surface area (TPSA) is 308 Å². The van der Waals surface area contributed by atoms with Crippen LogP contribution in [0, 0.1) is 12.3 Å². The van der Waals surface area contributed by atoms with Crippen molar-refractivity contribution in [3.05, 3.63) is 57.6 Å². The van der Waals surface area contributed by atoms with Gasteiger partial charge in [0.15, 0.2) is 34.4 Å². The predicted molar refractivity (Wildman–Crippen MR) is 161 cm³/mol. The van der Waals surface area contributed by atoms with E-state index in [4.69, 9.17) is 40.7 Å². The minimum Gasteiger partial charge on any atom is -0.509 e. The van der Waals surface area contributed by atoms with Crippen molar-refractivity contribution in [1.82, 2.24) is 34.1 Å². The number of phosphoric ester groups is 2. The number of nitrogens with two attached hydrogens (primary N) is 2. The number of hydrogen-bond donors (Lipinski definition) is 7. The minimum absolute atomic E-state index is 0.00932. The van der Waals surface area contributed by atoms with E-state index in [0.717, 1.165) is 6.33 Å². The molecule has 0 fully saturated rings. The average Bonchev–Trinajstić information content (AvgIpc) is 3.75. The molecule has 2 bridgehead atoms. The largest absolute Gasteiger partial charge is 0.527 e. The Labute approximate surface area is 267 Å². The number of anilines is 2. The zero-order valence-corrected chi connectivity index (χ0v) is 26.1. The van der Waals surface area contributed by atoms with Gasteiger partial charge in [0, 0.05) is 6.20 Å². The van der Waals surface area contributed by atoms with E-state index in [-0.39, 0.29) is 57.9 Å². The highest BCUT2D eigenvalue weighted by Gasteiger charge is 2.51. The highest BCUT2D eigenvalue weighted by Crippen LogP contribution is 2.56. The van der Waals surface area contributed by atoms with Crippen molar-refractivity contribution in [3.63, 3.8) is 0 Å². The van der Waals surface area contributed by atoms with Gasteiger partial charge >= 0.3 is 15.6 Å². The first-order valence-corrected chi connectivity index (χ1v) is 16.8. The third kappa shape index (κ3) is 5.30. The second-order valence-corrected chi connectivity index (χ2v) is 13.7. The molecule has 21 nitrogen and oxygen atoms in total. The summed E-state index contributed by atoms with van der Waals surface area (Å²) >= 11 is 0. The standard InChI is InChI=1S/C25H25N9O12P2/c1-2-11-5-34(20-14(11)19(26)28-9-29-20)23-16(35)17-13(44-23)7-43-48(40,41)46-25(4-3-12(18(25)36)6-42-47(38,39)45-17)8-33-10-30-15-21(33)31-24(27)32-22(15)37/h1,5,9-10,16,23,35-36H,3-4,6-8H2,(H,38,39)(H,40,41)(H2,26,28,29)(H3,27,31,32,37)/t16?,23-,25?/m1/s1. The first-order valence-electron chi connectivity index (χ1n) is 13.8. The summed E-state index contributed by atoms with van der Waals surface area (Å²) in [5.74, 6) is 0.447. The number of aromatic nitrogens is 7. The second kappa shape index (κ2) is 11.2. The Morgan fingerprint density at radius 3 is 2.69 bits per heavy atom. The van der Waals surface area contributed by atoms with Crippen molar-refractivity contribution < 1.29 is 52.0 Å². The van der Waals surface area contributed by atoms with Crippen molar-refractivity contribution in [1.29, 1.82) is 0 Å². The molecule has 1 aliphatic carbocycles. The number of aliphatic hydroxyl groups excluding tert-OH is 2. The molecule has 48 heavy (non-hydrogen) atoms. The Hall–Kier alpha value is -4.77. The van der Waals surface area contributed by atoms with Gasteiger partial charge < -0.3 is 40.4 Å². The SMILES string of the molecule is C#Cc1cn([C@@H]2OC3=C(OP(=O)(O)OCC4=C(O)C(Cn5cnc6c(=O)[nH]c(N)nc65)(CC4)OP(=O)(O)OC3)C2O)c2ncnc(N)c12. The van der Waals surface area contributed by atoms with E-state index in [2.05, 4.69) is 30.8 Å². The number of aliphatic hydroxyl groups is 2. The molecule has 0 saturated carbocycles. The van der Waals surface area contributed by atoms with Gasteiger partial charge in [-0.05, 0) is 18.4 Å². The number of aromatic amines is 1. The lowest BCUT2D eigenvalue weighted by molar-refractivity contribution is -0.0177. The fourth-order valence-corrected chi connectivity index (χ4v) is 7.62. The van der Waals surface area contributed by atoms with Gasteiger partial charge in [-0.1, -0.05) is 5.92 Å². The van der Waals surface area contributed by atoms with Crippen molar-refractivity contribution in [2.24, 2.45) is 0 Å². The van der Waals surface area contributed by atoms with Crippen LogP contribution in [0.2, 0.25) is 0 Å². The molecule has 6 heterocycles. The third-order valence-electron chi connectivity index (χ3n) is 7.93. The van der Waals surface area contributed by atoms with Crippen LogP contribution >= 0.6 is 15.6 Å². The number of ether oxygens (including phenoxy) is 1. The van der Waals surface area contributed by atoms with Crippen LogP contribution in [-0.2, 0) is 38.5 Å². The van der Waals surface area contributed by atoms with Crippen molar-refractivity contribution in [3.8, 4) is 12.3 Å². The smallest absolute Gasteiger partial charge is 0.509 e. The molecule has 0 spiro atoms. The van der Waals surface area contributed by atoms with Gasteiger partial charge in [-0.25, -0.2) is 24.1 Å². The zero-order valence-electron chi connectivity index (χ0n) is 24.3. The Balaban J connectivity index is 1.25. The summed E-state index contributed by atoms with van der Waals surface area (Å²) in [6, 6.07) is 0. The molecule has 4 aromatic heterocycles. The van der Waals surface area contributed by atoms with E-state index in [9.17, 15) is 33.9 Å². The van der Waals surface area contributed by atoms with Gasteiger partial charge in [0.1, 0.15) is 30.2 Å². The van der Waals surface area contributed by atoms with Gasteiger partial charge in [-0.2, -0.15) is 4.98 Å². The molecule has 0 aromatic carbocycles. The minimum atomic E-state index is -5.17. The fourth-order valence-electron chi connectivity index (χ4n) is 5.78. The molecule has 0 amide bonds. The van der Waals surface area contributed by atoms with Gasteiger partial charge in [0.2, 0.25) is 12.2 Å². The molecule has 7 rings (SSSR count). The van der Waals surface area contributed by atoms with E-state index in [1.165, 1.54) is 21.7 Å². The number of rotatable bonds is 3. The van der Waals surface area contributed by atoms with Crippen LogP contribution in [0.5, 0.6) is 0 Å². The first kappa shape index (κ1) is 31.8. The summed E-state index contributed by atoms with van der Waals surface area (Å²) in [4.78, 5) is 52.3. The van der Waals surface area contributed by atoms with E-state index in [0.29, 0.717) is 0 Å². The normalized spacial score (nSPS) is 29.5. The number of hydrogen-bond acceptors (Lipinski definition) is 16. The van der Waals surface area contributed by atoms with Crippen LogP contribution in [0.3, 0.4) is 0 Å².